The Morgan fingerprint density at radius 2 is 1.69 bits per heavy atom. The summed E-state index contributed by atoms with van der Waals surface area (Å²) >= 11 is 0. The smallest absolute Gasteiger partial charge is 0.264 e. The van der Waals surface area contributed by atoms with Crippen molar-refractivity contribution in [3.8, 4) is 11.5 Å². The van der Waals surface area contributed by atoms with Gasteiger partial charge in [0.05, 0.1) is 48.6 Å². The maximum Gasteiger partial charge on any atom is 0.264 e. The Hall–Kier alpha value is -2.97. The first kappa shape index (κ1) is 27.6. The molecule has 2 amide bonds. The summed E-state index contributed by atoms with van der Waals surface area (Å²) in [6, 6.07) is 7.24. The first-order valence-corrected chi connectivity index (χ1v) is 16.0. The molecular weight excluding hydrogens is 532 g/mol. The standard InChI is InChI=1S/C22H26N2O9S3/c1-6-33-19-12-14(10-11-18(19)32-2)17(13-35(4,28)29)23-21(25)15-8-7-9-16(20(15)22(23)26)24(34(3)27)36(5,30)31/h7-12,17H,6,13H2,1-5H3. The normalized spacial score (nSPS) is 15.4. The topological polar surface area (TPSA) is 144 Å². The molecular formula is C22H26N2O9S3. The highest BCUT2D eigenvalue weighted by atomic mass is 32.3. The van der Waals surface area contributed by atoms with E-state index in [0.717, 1.165) is 23.7 Å². The molecule has 0 aliphatic carbocycles. The molecule has 0 radical (unpaired) electrons. The van der Waals surface area contributed by atoms with Gasteiger partial charge in [0.1, 0.15) is 20.8 Å². The van der Waals surface area contributed by atoms with Crippen molar-refractivity contribution in [3.05, 3.63) is 53.1 Å². The molecule has 2 aromatic rings. The second kappa shape index (κ2) is 10.2. The largest absolute Gasteiger partial charge is 0.493 e. The van der Waals surface area contributed by atoms with Crippen molar-refractivity contribution in [2.75, 3.05) is 41.9 Å². The number of ether oxygens (including phenoxy) is 2. The van der Waals surface area contributed by atoms with E-state index >= 15 is 0 Å². The number of imide groups is 1. The average molecular weight is 559 g/mol. The predicted molar refractivity (Wildman–Crippen MR) is 135 cm³/mol. The van der Waals surface area contributed by atoms with Crippen LogP contribution in [0.1, 0.15) is 39.2 Å². The van der Waals surface area contributed by atoms with Crippen molar-refractivity contribution in [3.63, 3.8) is 0 Å². The van der Waals surface area contributed by atoms with Gasteiger partial charge in [-0.25, -0.2) is 21.0 Å². The highest BCUT2D eigenvalue weighted by molar-refractivity contribution is 8.06. The summed E-state index contributed by atoms with van der Waals surface area (Å²) in [5.41, 5.74) is -0.354. The van der Waals surface area contributed by atoms with Crippen LogP contribution < -0.4 is 13.2 Å². The van der Waals surface area contributed by atoms with Crippen molar-refractivity contribution < 1.29 is 40.1 Å². The molecule has 36 heavy (non-hydrogen) atoms. The molecule has 196 valence electrons. The number of rotatable bonds is 10. The lowest BCUT2D eigenvalue weighted by atomic mass is 10.1. The molecule has 11 nitrogen and oxygen atoms in total. The van der Waals surface area contributed by atoms with E-state index in [-0.39, 0.29) is 29.2 Å². The number of anilines is 1. The van der Waals surface area contributed by atoms with Crippen molar-refractivity contribution in [2.45, 2.75) is 13.0 Å². The molecule has 1 aliphatic rings. The van der Waals surface area contributed by atoms with Crippen molar-refractivity contribution >= 4 is 48.3 Å². The first-order valence-electron chi connectivity index (χ1n) is 10.5. The van der Waals surface area contributed by atoms with Gasteiger partial charge in [0.25, 0.3) is 11.8 Å². The number of benzene rings is 2. The minimum absolute atomic E-state index is 0.131. The molecule has 1 aliphatic heterocycles. The Morgan fingerprint density at radius 1 is 1.03 bits per heavy atom. The number of fused-ring (bicyclic) bond motifs is 1. The van der Waals surface area contributed by atoms with Crippen LogP contribution in [0.5, 0.6) is 11.5 Å². The maximum absolute atomic E-state index is 13.7. The fraction of sp³-hybridized carbons (Fsp3) is 0.364. The van der Waals surface area contributed by atoms with Crippen LogP contribution in [0.25, 0.3) is 0 Å². The summed E-state index contributed by atoms with van der Waals surface area (Å²) in [5.74, 6) is -1.65. The van der Waals surface area contributed by atoms with Gasteiger partial charge in [-0.15, -0.1) is 0 Å². The molecule has 0 bridgehead atoms. The van der Waals surface area contributed by atoms with E-state index in [1.165, 1.54) is 43.5 Å². The summed E-state index contributed by atoms with van der Waals surface area (Å²) in [4.78, 5) is 27.9. The molecule has 2 unspecified atom stereocenters. The van der Waals surface area contributed by atoms with Crippen LogP contribution in [0.2, 0.25) is 0 Å². The predicted octanol–water partition coefficient (Wildman–Crippen LogP) is 1.54. The zero-order valence-electron chi connectivity index (χ0n) is 20.2. The Balaban J connectivity index is 2.22. The summed E-state index contributed by atoms with van der Waals surface area (Å²) < 4.78 is 73.1. The van der Waals surface area contributed by atoms with E-state index in [1.807, 2.05) is 0 Å². The van der Waals surface area contributed by atoms with E-state index in [1.54, 1.807) is 6.92 Å². The third kappa shape index (κ3) is 5.39. The van der Waals surface area contributed by atoms with Crippen LogP contribution in [0.4, 0.5) is 5.69 Å². The van der Waals surface area contributed by atoms with Gasteiger partial charge in [-0.1, -0.05) is 12.1 Å². The summed E-state index contributed by atoms with van der Waals surface area (Å²) in [5, 5.41) is 0. The molecule has 3 rings (SSSR count). The van der Waals surface area contributed by atoms with E-state index in [4.69, 9.17) is 9.47 Å². The lowest BCUT2D eigenvalue weighted by molar-refractivity contribution is 0.0597. The Morgan fingerprint density at radius 3 is 2.22 bits per heavy atom. The molecule has 0 N–H and O–H groups in total. The molecule has 1 heterocycles. The monoisotopic (exact) mass is 558 g/mol. The number of nitrogens with zero attached hydrogens (tertiary/aromatic N) is 2. The second-order valence-corrected chi connectivity index (χ2v) is 13.5. The minimum atomic E-state index is -4.09. The Bertz CT molecular complexity index is 1450. The van der Waals surface area contributed by atoms with Gasteiger partial charge in [-0.3, -0.25) is 14.5 Å². The van der Waals surface area contributed by atoms with Crippen LogP contribution in [0.15, 0.2) is 36.4 Å². The fourth-order valence-electron chi connectivity index (χ4n) is 4.00. The van der Waals surface area contributed by atoms with Crippen molar-refractivity contribution in [2.24, 2.45) is 0 Å². The molecule has 2 aromatic carbocycles. The lowest BCUT2D eigenvalue weighted by Crippen LogP contribution is -2.38. The number of sulfonamides is 1. The van der Waals surface area contributed by atoms with Crippen molar-refractivity contribution in [1.29, 1.82) is 0 Å². The average Bonchev–Trinajstić information content (AvgIpc) is 3.01. The fourth-order valence-corrected chi connectivity index (χ4v) is 7.38. The molecule has 0 saturated heterocycles. The Kier molecular flexibility index (Phi) is 7.81. The number of hydrogen-bond acceptors (Lipinski definition) is 9. The molecule has 0 aromatic heterocycles. The highest BCUT2D eigenvalue weighted by Crippen LogP contribution is 2.40. The van der Waals surface area contributed by atoms with Gasteiger partial charge < -0.3 is 9.47 Å². The SMILES string of the molecule is CCOc1cc(C(CS(C)(=O)=O)N2C(=O)c3cccc(N(S(C)=O)S(C)(=O)=O)c3C2=O)ccc1OC. The Labute approximate surface area is 212 Å². The first-order chi connectivity index (χ1) is 16.7. The van der Waals surface area contributed by atoms with Crippen LogP contribution in [0, 0.1) is 0 Å². The van der Waals surface area contributed by atoms with Crippen LogP contribution in [-0.2, 0) is 30.8 Å². The van der Waals surface area contributed by atoms with Gasteiger partial charge >= 0.3 is 0 Å². The number of carbonyl (C=O) groups excluding carboxylic acids is 2. The van der Waals surface area contributed by atoms with E-state index < -0.39 is 54.5 Å². The van der Waals surface area contributed by atoms with Gasteiger partial charge in [-0.2, -0.15) is 3.71 Å². The summed E-state index contributed by atoms with van der Waals surface area (Å²) in [6.07, 6.45) is 2.92. The minimum Gasteiger partial charge on any atom is -0.493 e. The number of methoxy groups -OCH3 is 1. The zero-order chi connectivity index (χ0) is 27.0. The molecule has 0 spiro atoms. The third-order valence-electron chi connectivity index (χ3n) is 5.30. The number of sulfone groups is 1. The van der Waals surface area contributed by atoms with Gasteiger partial charge in [0.2, 0.25) is 10.0 Å². The number of amides is 2. The second-order valence-electron chi connectivity index (χ2n) is 8.05. The van der Waals surface area contributed by atoms with Gasteiger partial charge in [0, 0.05) is 12.5 Å². The number of carbonyl (C=O) groups is 2. The van der Waals surface area contributed by atoms with Crippen LogP contribution in [0.3, 0.4) is 0 Å². The molecule has 0 saturated carbocycles. The lowest BCUT2D eigenvalue weighted by Gasteiger charge is -2.27. The summed E-state index contributed by atoms with van der Waals surface area (Å²) in [7, 11) is -8.47. The highest BCUT2D eigenvalue weighted by Gasteiger charge is 2.45. The van der Waals surface area contributed by atoms with Crippen LogP contribution >= 0.6 is 0 Å². The van der Waals surface area contributed by atoms with Gasteiger partial charge in [-0.05, 0) is 36.8 Å². The van der Waals surface area contributed by atoms with E-state index in [9.17, 15) is 30.6 Å². The van der Waals surface area contributed by atoms with Crippen LogP contribution in [-0.4, -0.2) is 76.0 Å². The summed E-state index contributed by atoms with van der Waals surface area (Å²) in [6.45, 7) is 2.03. The maximum atomic E-state index is 13.7. The number of hydrogen-bond donors (Lipinski definition) is 0. The molecule has 0 fully saturated rings. The zero-order valence-corrected chi connectivity index (χ0v) is 22.7. The molecule has 14 heteroatoms. The van der Waals surface area contributed by atoms with E-state index in [0.29, 0.717) is 15.0 Å². The molecule has 2 atom stereocenters. The van der Waals surface area contributed by atoms with E-state index in [2.05, 4.69) is 0 Å². The van der Waals surface area contributed by atoms with Gasteiger partial charge in [0.15, 0.2) is 11.5 Å². The quantitative estimate of drug-likeness (QED) is 0.397. The third-order valence-corrected chi connectivity index (χ3v) is 9.13. The van der Waals surface area contributed by atoms with Crippen molar-refractivity contribution in [1.82, 2.24) is 4.90 Å².